The molecule has 2 aromatic carbocycles. The second-order valence-electron chi connectivity index (χ2n) is 6.99. The summed E-state index contributed by atoms with van der Waals surface area (Å²) in [5, 5.41) is 0. The predicted octanol–water partition coefficient (Wildman–Crippen LogP) is 2.95. The highest BCUT2D eigenvalue weighted by molar-refractivity contribution is 7.89. The molecule has 1 fully saturated rings. The molecule has 1 aliphatic rings. The van der Waals surface area contributed by atoms with Gasteiger partial charge in [0.05, 0.1) is 4.90 Å². The first-order valence-corrected chi connectivity index (χ1v) is 10.7. The number of hydrogen-bond acceptors (Lipinski definition) is 4. The quantitative estimate of drug-likeness (QED) is 0.723. The first-order valence-electron chi connectivity index (χ1n) is 9.24. The number of piperidine rings is 1. The van der Waals surface area contributed by atoms with Crippen molar-refractivity contribution in [2.24, 2.45) is 5.92 Å². The molecule has 0 radical (unpaired) electrons. The molecular weight excluding hydrogens is 376 g/mol. The fraction of sp³-hybridized carbons (Fsp3) is 0.333. The number of benzene rings is 2. The van der Waals surface area contributed by atoms with Gasteiger partial charge in [-0.25, -0.2) is 8.42 Å². The largest absolute Gasteiger partial charge is 0.315 e. The van der Waals surface area contributed by atoms with Gasteiger partial charge in [-0.15, -0.1) is 0 Å². The maximum Gasteiger partial charge on any atom is 0.243 e. The Morgan fingerprint density at radius 2 is 1.54 bits per heavy atom. The number of para-hydroxylation sites is 1. The molecule has 0 atom stereocenters. The fourth-order valence-electron chi connectivity index (χ4n) is 3.41. The second kappa shape index (κ2) is 8.24. The van der Waals surface area contributed by atoms with E-state index in [1.54, 1.807) is 11.9 Å². The lowest BCUT2D eigenvalue weighted by Gasteiger charge is -2.32. The van der Waals surface area contributed by atoms with Gasteiger partial charge < -0.3 is 4.90 Å². The molecule has 148 valence electrons. The molecule has 0 bridgehead atoms. The van der Waals surface area contributed by atoms with Gasteiger partial charge in [-0.1, -0.05) is 30.3 Å². The molecule has 2 aromatic rings. The molecule has 0 aromatic heterocycles. The zero-order valence-corrected chi connectivity index (χ0v) is 16.9. The molecule has 0 saturated carbocycles. The summed E-state index contributed by atoms with van der Waals surface area (Å²) in [6.07, 6.45) is 0.974. The maximum atomic E-state index is 12.8. The number of hydrogen-bond donors (Lipinski definition) is 0. The van der Waals surface area contributed by atoms with Crippen LogP contribution >= 0.6 is 0 Å². The van der Waals surface area contributed by atoms with Crippen molar-refractivity contribution < 1.29 is 18.0 Å². The Labute approximate surface area is 165 Å². The number of nitrogens with zero attached hydrogens (tertiary/aromatic N) is 2. The van der Waals surface area contributed by atoms with Crippen molar-refractivity contribution in [1.82, 2.24) is 4.31 Å². The molecule has 7 heteroatoms. The van der Waals surface area contributed by atoms with Crippen LogP contribution in [0.4, 0.5) is 5.69 Å². The highest BCUT2D eigenvalue weighted by Crippen LogP contribution is 2.26. The van der Waals surface area contributed by atoms with Crippen molar-refractivity contribution >= 4 is 27.4 Å². The van der Waals surface area contributed by atoms with Crippen LogP contribution in [0.2, 0.25) is 0 Å². The van der Waals surface area contributed by atoms with Crippen LogP contribution in [0, 0.1) is 5.92 Å². The Balaban J connectivity index is 1.65. The van der Waals surface area contributed by atoms with Crippen molar-refractivity contribution in [1.29, 1.82) is 0 Å². The minimum absolute atomic E-state index is 0.00839. The summed E-state index contributed by atoms with van der Waals surface area (Å²) in [6.45, 7) is 2.05. The SMILES string of the molecule is CC(=O)c1ccc(S(=O)(=O)N2CCC(C(=O)N(C)c3ccccc3)CC2)cc1. The summed E-state index contributed by atoms with van der Waals surface area (Å²) in [7, 11) is -1.88. The number of sulfonamides is 1. The van der Waals surface area contributed by atoms with Crippen molar-refractivity contribution in [3.8, 4) is 0 Å². The molecule has 28 heavy (non-hydrogen) atoms. The van der Waals surface area contributed by atoms with E-state index in [0.29, 0.717) is 31.5 Å². The molecule has 1 saturated heterocycles. The van der Waals surface area contributed by atoms with Crippen molar-refractivity contribution in [2.75, 3.05) is 25.0 Å². The molecule has 0 aliphatic carbocycles. The Kier molecular flexibility index (Phi) is 5.96. The fourth-order valence-corrected chi connectivity index (χ4v) is 4.88. The van der Waals surface area contributed by atoms with E-state index in [1.807, 2.05) is 30.3 Å². The van der Waals surface area contributed by atoms with Gasteiger partial charge in [0, 0.05) is 37.3 Å². The van der Waals surface area contributed by atoms with E-state index in [0.717, 1.165) is 5.69 Å². The normalized spacial score (nSPS) is 15.9. The van der Waals surface area contributed by atoms with Crippen LogP contribution < -0.4 is 4.90 Å². The minimum Gasteiger partial charge on any atom is -0.315 e. The summed E-state index contributed by atoms with van der Waals surface area (Å²) in [5.74, 6) is -0.295. The van der Waals surface area contributed by atoms with Gasteiger partial charge in [-0.05, 0) is 44.0 Å². The Bertz CT molecular complexity index is 948. The highest BCUT2D eigenvalue weighted by Gasteiger charge is 2.33. The summed E-state index contributed by atoms with van der Waals surface area (Å²) in [4.78, 5) is 25.9. The van der Waals surface area contributed by atoms with Crippen LogP contribution in [0.5, 0.6) is 0 Å². The molecule has 6 nitrogen and oxygen atoms in total. The van der Waals surface area contributed by atoms with Crippen LogP contribution in [0.3, 0.4) is 0 Å². The highest BCUT2D eigenvalue weighted by atomic mass is 32.2. The first-order chi connectivity index (χ1) is 13.3. The zero-order chi connectivity index (χ0) is 20.3. The third kappa shape index (κ3) is 4.15. The third-order valence-corrected chi connectivity index (χ3v) is 7.09. The lowest BCUT2D eigenvalue weighted by molar-refractivity contribution is -0.123. The molecular formula is C21H24N2O4S. The number of ketones is 1. The lowest BCUT2D eigenvalue weighted by Crippen LogP contribution is -2.43. The number of anilines is 1. The van der Waals surface area contributed by atoms with Gasteiger partial charge in [0.2, 0.25) is 15.9 Å². The van der Waals surface area contributed by atoms with E-state index >= 15 is 0 Å². The maximum absolute atomic E-state index is 12.8. The summed E-state index contributed by atoms with van der Waals surface area (Å²) in [6, 6.07) is 15.4. The predicted molar refractivity (Wildman–Crippen MR) is 108 cm³/mol. The van der Waals surface area contributed by atoms with Gasteiger partial charge in [0.15, 0.2) is 5.78 Å². The van der Waals surface area contributed by atoms with Crippen LogP contribution in [-0.2, 0) is 14.8 Å². The number of carbonyl (C=O) groups excluding carboxylic acids is 2. The topological polar surface area (TPSA) is 74.8 Å². The van der Waals surface area contributed by atoms with E-state index in [9.17, 15) is 18.0 Å². The summed E-state index contributed by atoms with van der Waals surface area (Å²) >= 11 is 0. The standard InChI is InChI=1S/C21H24N2O4S/c1-16(24)17-8-10-20(11-9-17)28(26,27)23-14-12-18(13-15-23)21(25)22(2)19-6-4-3-5-7-19/h3-11,18H,12-15H2,1-2H3. The summed E-state index contributed by atoms with van der Waals surface area (Å²) in [5.41, 5.74) is 1.31. The van der Waals surface area contributed by atoms with Crippen LogP contribution in [-0.4, -0.2) is 44.6 Å². The average molecular weight is 401 g/mol. The van der Waals surface area contributed by atoms with E-state index < -0.39 is 10.0 Å². The minimum atomic E-state index is -3.63. The van der Waals surface area contributed by atoms with Crippen molar-refractivity contribution in [2.45, 2.75) is 24.7 Å². The number of Topliss-reactive ketones (excluding diaryl/α,β-unsaturated/α-hetero) is 1. The zero-order valence-electron chi connectivity index (χ0n) is 16.0. The molecule has 1 aliphatic heterocycles. The van der Waals surface area contributed by atoms with Gasteiger partial charge in [0.25, 0.3) is 0 Å². The summed E-state index contributed by atoms with van der Waals surface area (Å²) < 4.78 is 27.1. The van der Waals surface area contributed by atoms with Crippen molar-refractivity contribution in [3.05, 3.63) is 60.2 Å². The average Bonchev–Trinajstić information content (AvgIpc) is 2.73. The van der Waals surface area contributed by atoms with E-state index in [2.05, 4.69) is 0 Å². The van der Waals surface area contributed by atoms with Crippen LogP contribution in [0.15, 0.2) is 59.5 Å². The molecule has 0 unspecified atom stereocenters. The smallest absolute Gasteiger partial charge is 0.243 e. The monoisotopic (exact) mass is 400 g/mol. The molecule has 1 amide bonds. The second-order valence-corrected chi connectivity index (χ2v) is 8.93. The van der Waals surface area contributed by atoms with Crippen LogP contribution in [0.1, 0.15) is 30.1 Å². The van der Waals surface area contributed by atoms with Crippen molar-refractivity contribution in [3.63, 3.8) is 0 Å². The number of carbonyl (C=O) groups is 2. The van der Waals surface area contributed by atoms with Gasteiger partial charge >= 0.3 is 0 Å². The van der Waals surface area contributed by atoms with E-state index in [-0.39, 0.29) is 22.5 Å². The van der Waals surface area contributed by atoms with E-state index in [1.165, 1.54) is 35.5 Å². The lowest BCUT2D eigenvalue weighted by atomic mass is 9.96. The Morgan fingerprint density at radius 3 is 2.07 bits per heavy atom. The Hall–Kier alpha value is -2.51. The molecule has 0 spiro atoms. The number of rotatable bonds is 5. The molecule has 3 rings (SSSR count). The third-order valence-electron chi connectivity index (χ3n) is 5.18. The molecule has 1 heterocycles. The van der Waals surface area contributed by atoms with Gasteiger partial charge in [-0.3, -0.25) is 9.59 Å². The van der Waals surface area contributed by atoms with Crippen LogP contribution in [0.25, 0.3) is 0 Å². The number of amides is 1. The first kappa shape index (κ1) is 20.2. The molecule has 0 N–H and O–H groups in total. The van der Waals surface area contributed by atoms with E-state index in [4.69, 9.17) is 0 Å². The Morgan fingerprint density at radius 1 is 0.964 bits per heavy atom. The van der Waals surface area contributed by atoms with Gasteiger partial charge in [-0.2, -0.15) is 4.31 Å². The van der Waals surface area contributed by atoms with Gasteiger partial charge in [0.1, 0.15) is 0 Å².